The van der Waals surface area contributed by atoms with Crippen molar-refractivity contribution in [3.05, 3.63) is 63.5 Å². The van der Waals surface area contributed by atoms with Gasteiger partial charge in [-0.15, -0.1) is 0 Å². The fourth-order valence-corrected chi connectivity index (χ4v) is 2.61. The molecule has 1 aromatic heterocycles. The maximum absolute atomic E-state index is 12.9. The lowest BCUT2D eigenvalue weighted by Crippen LogP contribution is -2.23. The van der Waals surface area contributed by atoms with E-state index in [2.05, 4.69) is 10.3 Å². The van der Waals surface area contributed by atoms with Gasteiger partial charge in [-0.05, 0) is 30.3 Å². The summed E-state index contributed by atoms with van der Waals surface area (Å²) in [7, 11) is 1.65. The number of halogens is 3. The Morgan fingerprint density at radius 3 is 2.70 bits per heavy atom. The summed E-state index contributed by atoms with van der Waals surface area (Å²) in [6.07, 6.45) is -2.62. The first-order valence-electron chi connectivity index (χ1n) is 6.80. The summed E-state index contributed by atoms with van der Waals surface area (Å²) < 4.78 is 27.1. The van der Waals surface area contributed by atoms with Crippen LogP contribution in [0.15, 0.2) is 47.3 Å². The summed E-state index contributed by atoms with van der Waals surface area (Å²) in [4.78, 5) is 16.4. The molecule has 2 aromatic carbocycles. The molecular weight excluding hydrogens is 324 g/mol. The monoisotopic (exact) mass is 335 g/mol. The molecule has 0 aliphatic rings. The van der Waals surface area contributed by atoms with Crippen molar-refractivity contribution in [3.8, 4) is 5.69 Å². The van der Waals surface area contributed by atoms with Gasteiger partial charge >= 0.3 is 5.69 Å². The summed E-state index contributed by atoms with van der Waals surface area (Å²) >= 11 is 6.03. The van der Waals surface area contributed by atoms with Gasteiger partial charge in [0.25, 0.3) is 6.43 Å². The van der Waals surface area contributed by atoms with E-state index in [0.717, 1.165) is 0 Å². The third kappa shape index (κ3) is 2.77. The van der Waals surface area contributed by atoms with Crippen LogP contribution in [0.3, 0.4) is 0 Å². The van der Waals surface area contributed by atoms with Crippen LogP contribution >= 0.6 is 11.6 Å². The zero-order chi connectivity index (χ0) is 16.6. The van der Waals surface area contributed by atoms with Gasteiger partial charge in [-0.3, -0.25) is 4.57 Å². The standard InChI is InChI=1S/C16H12ClF2N3O/c1-20-15-12-6-5-10(17)8-13(12)22(16(23)21-15)11-4-2-3-9(7-11)14(18)19/h2-8,14H,1H3,(H,20,21,23). The molecule has 7 heteroatoms. The normalized spacial score (nSPS) is 11.2. The van der Waals surface area contributed by atoms with Crippen LogP contribution in [0.4, 0.5) is 14.6 Å². The molecule has 0 bridgehead atoms. The number of anilines is 1. The Balaban J connectivity index is 2.37. The Labute approximate surface area is 135 Å². The molecule has 0 radical (unpaired) electrons. The lowest BCUT2D eigenvalue weighted by atomic mass is 10.1. The molecule has 3 aromatic rings. The molecule has 0 unspecified atom stereocenters. The molecule has 118 valence electrons. The van der Waals surface area contributed by atoms with Crippen LogP contribution in [0.25, 0.3) is 16.6 Å². The molecule has 23 heavy (non-hydrogen) atoms. The zero-order valence-corrected chi connectivity index (χ0v) is 12.8. The number of alkyl halides is 2. The first kappa shape index (κ1) is 15.4. The Morgan fingerprint density at radius 1 is 1.22 bits per heavy atom. The smallest absolute Gasteiger partial charge is 0.354 e. The SMILES string of the molecule is CNc1nc(=O)n(-c2cccc(C(F)F)c2)c2cc(Cl)ccc12. The molecule has 0 aliphatic heterocycles. The van der Waals surface area contributed by atoms with Crippen molar-refractivity contribution in [2.24, 2.45) is 0 Å². The van der Waals surface area contributed by atoms with Crippen molar-refractivity contribution in [2.75, 3.05) is 12.4 Å². The second-order valence-electron chi connectivity index (χ2n) is 4.89. The second kappa shape index (κ2) is 5.96. The molecule has 0 fully saturated rings. The minimum Gasteiger partial charge on any atom is -0.372 e. The quantitative estimate of drug-likeness (QED) is 0.786. The fourth-order valence-electron chi connectivity index (χ4n) is 2.44. The maximum Gasteiger partial charge on any atom is 0.354 e. The van der Waals surface area contributed by atoms with Crippen molar-refractivity contribution in [1.82, 2.24) is 9.55 Å². The van der Waals surface area contributed by atoms with Gasteiger partial charge in [-0.25, -0.2) is 13.6 Å². The number of nitrogens with zero attached hydrogens (tertiary/aromatic N) is 2. The molecule has 0 amide bonds. The van der Waals surface area contributed by atoms with Gasteiger partial charge in [-0.1, -0.05) is 23.7 Å². The maximum atomic E-state index is 12.9. The topological polar surface area (TPSA) is 46.9 Å². The van der Waals surface area contributed by atoms with E-state index in [0.29, 0.717) is 27.4 Å². The van der Waals surface area contributed by atoms with Gasteiger partial charge in [0.1, 0.15) is 5.82 Å². The molecule has 3 rings (SSSR count). The summed E-state index contributed by atoms with van der Waals surface area (Å²) in [5.74, 6) is 0.405. The van der Waals surface area contributed by atoms with E-state index in [9.17, 15) is 13.6 Å². The highest BCUT2D eigenvalue weighted by atomic mass is 35.5. The van der Waals surface area contributed by atoms with Crippen LogP contribution in [0.1, 0.15) is 12.0 Å². The van der Waals surface area contributed by atoms with Crippen LogP contribution in [0, 0.1) is 0 Å². The lowest BCUT2D eigenvalue weighted by Gasteiger charge is -2.13. The van der Waals surface area contributed by atoms with Crippen LogP contribution in [-0.2, 0) is 0 Å². The van der Waals surface area contributed by atoms with Gasteiger partial charge in [0, 0.05) is 23.0 Å². The first-order chi connectivity index (χ1) is 11.0. The van der Waals surface area contributed by atoms with Gasteiger partial charge in [0.05, 0.1) is 11.2 Å². The third-order valence-electron chi connectivity index (χ3n) is 3.47. The number of rotatable bonds is 3. The van der Waals surface area contributed by atoms with Crippen molar-refractivity contribution in [3.63, 3.8) is 0 Å². The Kier molecular flexibility index (Phi) is 4.00. The number of fused-ring (bicyclic) bond motifs is 1. The molecule has 4 nitrogen and oxygen atoms in total. The third-order valence-corrected chi connectivity index (χ3v) is 3.71. The van der Waals surface area contributed by atoms with Crippen molar-refractivity contribution < 1.29 is 8.78 Å². The van der Waals surface area contributed by atoms with E-state index >= 15 is 0 Å². The van der Waals surface area contributed by atoms with E-state index in [4.69, 9.17) is 11.6 Å². The average Bonchev–Trinajstić information content (AvgIpc) is 2.53. The van der Waals surface area contributed by atoms with Crippen LogP contribution < -0.4 is 11.0 Å². The first-order valence-corrected chi connectivity index (χ1v) is 7.17. The number of nitrogens with one attached hydrogen (secondary N) is 1. The highest BCUT2D eigenvalue weighted by Crippen LogP contribution is 2.26. The molecule has 1 heterocycles. The second-order valence-corrected chi connectivity index (χ2v) is 5.32. The summed E-state index contributed by atoms with van der Waals surface area (Å²) in [5.41, 5.74) is 0.0706. The summed E-state index contributed by atoms with van der Waals surface area (Å²) in [6, 6.07) is 10.6. The van der Waals surface area contributed by atoms with Crippen LogP contribution in [-0.4, -0.2) is 16.6 Å². The molecule has 0 spiro atoms. The van der Waals surface area contributed by atoms with Gasteiger partial charge in [0.15, 0.2) is 0 Å². The Morgan fingerprint density at radius 2 is 2.00 bits per heavy atom. The number of hydrogen-bond acceptors (Lipinski definition) is 3. The molecule has 0 saturated carbocycles. The van der Waals surface area contributed by atoms with Crippen molar-refractivity contribution in [1.29, 1.82) is 0 Å². The predicted molar refractivity (Wildman–Crippen MR) is 86.9 cm³/mol. The zero-order valence-electron chi connectivity index (χ0n) is 12.1. The Bertz CT molecular complexity index is 940. The van der Waals surface area contributed by atoms with Gasteiger partial charge in [0.2, 0.25) is 0 Å². The van der Waals surface area contributed by atoms with Crippen LogP contribution in [0.2, 0.25) is 5.02 Å². The van der Waals surface area contributed by atoms with Crippen molar-refractivity contribution >= 4 is 28.3 Å². The van der Waals surface area contributed by atoms with Gasteiger partial charge < -0.3 is 5.32 Å². The number of benzene rings is 2. The highest BCUT2D eigenvalue weighted by molar-refractivity contribution is 6.31. The molecule has 1 N–H and O–H groups in total. The fraction of sp³-hybridized carbons (Fsp3) is 0.125. The largest absolute Gasteiger partial charge is 0.372 e. The average molecular weight is 336 g/mol. The van der Waals surface area contributed by atoms with E-state index in [-0.39, 0.29) is 5.56 Å². The summed E-state index contributed by atoms with van der Waals surface area (Å²) in [6.45, 7) is 0. The number of aromatic nitrogens is 2. The van der Waals surface area contributed by atoms with Crippen LogP contribution in [0.5, 0.6) is 0 Å². The molecule has 0 saturated heterocycles. The molecular formula is C16H12ClF2N3O. The van der Waals surface area contributed by atoms with Crippen molar-refractivity contribution in [2.45, 2.75) is 6.43 Å². The summed E-state index contributed by atoms with van der Waals surface area (Å²) in [5, 5.41) is 3.95. The Hall–Kier alpha value is -2.47. The minimum absolute atomic E-state index is 0.165. The highest BCUT2D eigenvalue weighted by Gasteiger charge is 2.14. The molecule has 0 atom stereocenters. The van der Waals surface area contributed by atoms with E-state index in [1.165, 1.54) is 22.8 Å². The number of hydrogen-bond donors (Lipinski definition) is 1. The van der Waals surface area contributed by atoms with E-state index in [1.54, 1.807) is 31.3 Å². The van der Waals surface area contributed by atoms with E-state index in [1.807, 2.05) is 0 Å². The lowest BCUT2D eigenvalue weighted by molar-refractivity contribution is 0.151. The van der Waals surface area contributed by atoms with E-state index < -0.39 is 12.1 Å². The molecule has 0 aliphatic carbocycles. The minimum atomic E-state index is -2.62. The van der Waals surface area contributed by atoms with Gasteiger partial charge in [-0.2, -0.15) is 4.98 Å². The predicted octanol–water partition coefficient (Wildman–Crippen LogP) is 4.02.